The highest BCUT2D eigenvalue weighted by atomic mass is 32.2. The summed E-state index contributed by atoms with van der Waals surface area (Å²) in [5, 5.41) is 2.84. The number of nitrogens with one attached hydrogen (secondary N) is 1. The molecule has 0 radical (unpaired) electrons. The molecule has 0 spiro atoms. The second-order valence-electron chi connectivity index (χ2n) is 6.88. The van der Waals surface area contributed by atoms with E-state index in [1.807, 2.05) is 48.5 Å². The van der Waals surface area contributed by atoms with Crippen molar-refractivity contribution in [3.05, 3.63) is 96.1 Å². The van der Waals surface area contributed by atoms with Crippen molar-refractivity contribution in [2.75, 3.05) is 18.6 Å². The number of benzene rings is 3. The summed E-state index contributed by atoms with van der Waals surface area (Å²) in [6.07, 6.45) is 1.09. The fourth-order valence-corrected chi connectivity index (χ4v) is 4.41. The summed E-state index contributed by atoms with van der Waals surface area (Å²) in [6, 6.07) is 25.7. The lowest BCUT2D eigenvalue weighted by Gasteiger charge is -2.25. The number of sulfonamides is 1. The second kappa shape index (κ2) is 9.93. The number of rotatable bonds is 8. The Kier molecular flexibility index (Phi) is 7.31. The molecule has 0 bridgehead atoms. The van der Waals surface area contributed by atoms with Crippen LogP contribution < -0.4 is 5.32 Å². The van der Waals surface area contributed by atoms with Gasteiger partial charge in [0.15, 0.2) is 0 Å². The van der Waals surface area contributed by atoms with Crippen molar-refractivity contribution >= 4 is 33.4 Å². The molecule has 0 aliphatic rings. The third kappa shape index (κ3) is 5.95. The van der Waals surface area contributed by atoms with Crippen LogP contribution in [-0.4, -0.2) is 31.9 Å². The molecule has 7 heteroatoms. The maximum absolute atomic E-state index is 13.0. The molecule has 0 fully saturated rings. The first-order valence-corrected chi connectivity index (χ1v) is 12.2. The number of nitrogens with zero attached hydrogens (tertiary/aromatic N) is 1. The van der Waals surface area contributed by atoms with E-state index in [-0.39, 0.29) is 0 Å². The Balaban J connectivity index is 1.71. The van der Waals surface area contributed by atoms with Gasteiger partial charge in [-0.3, -0.25) is 4.79 Å². The molecule has 0 unspecified atom stereocenters. The third-order valence-corrected chi connectivity index (χ3v) is 6.96. The number of hydrogen-bond acceptors (Lipinski definition) is 4. The fraction of sp³-hybridized carbons (Fsp3) is 0.174. The van der Waals surface area contributed by atoms with Crippen molar-refractivity contribution in [3.63, 3.8) is 0 Å². The molecule has 0 aliphatic heterocycles. The molecule has 0 saturated heterocycles. The van der Waals surface area contributed by atoms with Crippen LogP contribution in [0.2, 0.25) is 0 Å². The van der Waals surface area contributed by atoms with Gasteiger partial charge in [-0.25, -0.2) is 8.42 Å². The Morgan fingerprint density at radius 3 is 2.07 bits per heavy atom. The highest BCUT2D eigenvalue weighted by molar-refractivity contribution is 7.98. The number of thioether (sulfide) groups is 1. The van der Waals surface area contributed by atoms with Crippen molar-refractivity contribution in [1.82, 2.24) is 4.31 Å². The van der Waals surface area contributed by atoms with Gasteiger partial charge in [0, 0.05) is 23.4 Å². The van der Waals surface area contributed by atoms with Gasteiger partial charge in [-0.2, -0.15) is 4.31 Å². The zero-order valence-electron chi connectivity index (χ0n) is 16.9. The van der Waals surface area contributed by atoms with Crippen LogP contribution in [0.3, 0.4) is 0 Å². The van der Waals surface area contributed by atoms with Crippen molar-refractivity contribution in [2.45, 2.75) is 16.7 Å². The largest absolute Gasteiger partial charge is 0.324 e. The molecule has 0 heterocycles. The van der Waals surface area contributed by atoms with Gasteiger partial charge in [-0.1, -0.05) is 60.7 Å². The number of carbonyl (C=O) groups is 1. The average molecular weight is 441 g/mol. The lowest BCUT2D eigenvalue weighted by atomic mass is 10.1. The Bertz CT molecular complexity index is 1070. The quantitative estimate of drug-likeness (QED) is 0.522. The lowest BCUT2D eigenvalue weighted by molar-refractivity contribution is -0.119. The zero-order chi connectivity index (χ0) is 21.6. The molecule has 3 aromatic rings. The molecule has 1 atom stereocenters. The van der Waals surface area contributed by atoms with Crippen LogP contribution in [-0.2, 0) is 20.6 Å². The van der Waals surface area contributed by atoms with E-state index in [2.05, 4.69) is 17.4 Å². The van der Waals surface area contributed by atoms with E-state index >= 15 is 0 Å². The summed E-state index contributed by atoms with van der Waals surface area (Å²) in [5.41, 5.74) is 2.37. The number of hydrogen-bond donors (Lipinski definition) is 1. The van der Waals surface area contributed by atoms with Gasteiger partial charge in [-0.05, 0) is 35.4 Å². The van der Waals surface area contributed by atoms with E-state index in [0.29, 0.717) is 11.3 Å². The summed E-state index contributed by atoms with van der Waals surface area (Å²) in [6.45, 7) is 0. The Labute approximate surface area is 182 Å². The summed E-state index contributed by atoms with van der Waals surface area (Å²) in [5.74, 6) is 0.419. The summed E-state index contributed by atoms with van der Waals surface area (Å²) in [7, 11) is -2.15. The van der Waals surface area contributed by atoms with Crippen LogP contribution in [0.4, 0.5) is 5.69 Å². The number of amides is 1. The van der Waals surface area contributed by atoms with E-state index in [0.717, 1.165) is 21.9 Å². The monoisotopic (exact) mass is 440 g/mol. The minimum Gasteiger partial charge on any atom is -0.324 e. The molecule has 0 saturated carbocycles. The van der Waals surface area contributed by atoms with Crippen LogP contribution in [0.1, 0.15) is 17.2 Å². The summed E-state index contributed by atoms with van der Waals surface area (Å²) in [4.78, 5) is 14.2. The van der Waals surface area contributed by atoms with E-state index in [4.69, 9.17) is 0 Å². The van der Waals surface area contributed by atoms with Crippen molar-refractivity contribution in [3.8, 4) is 0 Å². The van der Waals surface area contributed by atoms with E-state index in [1.165, 1.54) is 11.9 Å². The highest BCUT2D eigenvalue weighted by Gasteiger charge is 2.30. The second-order valence-corrected chi connectivity index (χ2v) is 9.97. The predicted octanol–water partition coefficient (Wildman–Crippen LogP) is 4.55. The molecule has 156 valence electrons. The van der Waals surface area contributed by atoms with Crippen molar-refractivity contribution in [1.29, 1.82) is 0 Å². The number of carbonyl (C=O) groups excluding carboxylic acids is 1. The van der Waals surface area contributed by atoms with E-state index in [9.17, 15) is 13.2 Å². The van der Waals surface area contributed by atoms with Gasteiger partial charge >= 0.3 is 0 Å². The van der Waals surface area contributed by atoms with Crippen LogP contribution in [0.15, 0.2) is 89.8 Å². The Morgan fingerprint density at radius 2 is 1.50 bits per heavy atom. The lowest BCUT2D eigenvalue weighted by Crippen LogP contribution is -2.38. The Morgan fingerprint density at radius 1 is 0.933 bits per heavy atom. The van der Waals surface area contributed by atoms with Gasteiger partial charge in [0.05, 0.1) is 6.26 Å². The maximum atomic E-state index is 13.0. The van der Waals surface area contributed by atoms with Crippen LogP contribution >= 0.6 is 11.8 Å². The molecular formula is C23H24N2O3S2. The zero-order valence-corrected chi connectivity index (χ0v) is 18.5. The molecule has 5 nitrogen and oxygen atoms in total. The standard InChI is InChI=1S/C23H24N2O3S2/c1-25(30(2,27)28)22(19-9-5-3-6-10-19)23(26)24-20-15-13-18(14-16-20)17-29-21-11-7-4-8-12-21/h3-16,22H,17H2,1-2H3,(H,24,26)/t22-/m0/s1. The Hall–Kier alpha value is -2.61. The SMILES string of the molecule is CN([C@H](C(=O)Nc1ccc(CSc2ccccc2)cc1)c1ccccc1)S(C)(=O)=O. The van der Waals surface area contributed by atoms with Gasteiger partial charge in [-0.15, -0.1) is 11.8 Å². The molecule has 3 rings (SSSR count). The summed E-state index contributed by atoms with van der Waals surface area (Å²) < 4.78 is 25.2. The molecule has 1 amide bonds. The average Bonchev–Trinajstić information content (AvgIpc) is 2.74. The number of anilines is 1. The van der Waals surface area contributed by atoms with Gasteiger partial charge < -0.3 is 5.32 Å². The van der Waals surface area contributed by atoms with Gasteiger partial charge in [0.25, 0.3) is 0 Å². The van der Waals surface area contributed by atoms with Gasteiger partial charge in [0.2, 0.25) is 15.9 Å². The molecule has 1 N–H and O–H groups in total. The van der Waals surface area contributed by atoms with Crippen molar-refractivity contribution in [2.24, 2.45) is 0 Å². The maximum Gasteiger partial charge on any atom is 0.247 e. The third-order valence-electron chi connectivity index (χ3n) is 4.62. The summed E-state index contributed by atoms with van der Waals surface area (Å²) >= 11 is 1.74. The predicted molar refractivity (Wildman–Crippen MR) is 123 cm³/mol. The first-order chi connectivity index (χ1) is 14.3. The minimum absolute atomic E-state index is 0.402. The van der Waals surface area contributed by atoms with Crippen LogP contribution in [0, 0.1) is 0 Å². The van der Waals surface area contributed by atoms with Gasteiger partial charge in [0.1, 0.15) is 6.04 Å². The highest BCUT2D eigenvalue weighted by Crippen LogP contribution is 2.25. The molecular weight excluding hydrogens is 416 g/mol. The molecule has 0 aromatic heterocycles. The first-order valence-electron chi connectivity index (χ1n) is 9.40. The smallest absolute Gasteiger partial charge is 0.247 e. The van der Waals surface area contributed by atoms with E-state index in [1.54, 1.807) is 36.0 Å². The number of likely N-dealkylation sites (N-methyl/N-ethyl adjacent to an activating group) is 1. The molecule has 30 heavy (non-hydrogen) atoms. The first kappa shape index (κ1) is 22.1. The molecule has 3 aromatic carbocycles. The van der Waals surface area contributed by atoms with Crippen LogP contribution in [0.25, 0.3) is 0 Å². The van der Waals surface area contributed by atoms with E-state index < -0.39 is 22.0 Å². The van der Waals surface area contributed by atoms with Crippen molar-refractivity contribution < 1.29 is 13.2 Å². The normalized spacial score (nSPS) is 12.5. The van der Waals surface area contributed by atoms with Crippen LogP contribution in [0.5, 0.6) is 0 Å². The molecule has 0 aliphatic carbocycles. The fourth-order valence-electron chi connectivity index (χ4n) is 2.93. The topological polar surface area (TPSA) is 66.5 Å². The minimum atomic E-state index is -3.56.